The Kier molecular flexibility index (Phi) is 5.49. The van der Waals surface area contributed by atoms with Gasteiger partial charge < -0.3 is 14.7 Å². The topological polar surface area (TPSA) is 158 Å². The summed E-state index contributed by atoms with van der Waals surface area (Å²) in [5.74, 6) is -1.03. The standard InChI is InChI=1S/C16H17N5O7/c1-19-12(16(24)28-18-19)9-20-6-7-27-13(15(20)23)8-14(22)17-10-2-4-11(5-3-10)21(25)26/h2-5,13H,6-9H2,1H3,(H-,17,18,22,24). The van der Waals surface area contributed by atoms with Crippen LogP contribution in [0.1, 0.15) is 12.1 Å². The number of hydrogen-bond donors (Lipinski definition) is 1. The number of nitrogens with one attached hydrogen (secondary N) is 1. The summed E-state index contributed by atoms with van der Waals surface area (Å²) in [6.45, 7) is 0.503. The van der Waals surface area contributed by atoms with E-state index in [0.717, 1.165) is 0 Å². The highest BCUT2D eigenvalue weighted by Gasteiger charge is 2.32. The SMILES string of the molecule is C[n+]1[nH]oc(=O)c1CN1CCOC(CC([O-])=Nc2ccc([N+](=O)[O-])cc2)C1=O. The molecule has 0 bridgehead atoms. The van der Waals surface area contributed by atoms with Gasteiger partial charge in [-0.1, -0.05) is 4.68 Å². The predicted octanol–water partition coefficient (Wildman–Crippen LogP) is -1.09. The fraction of sp³-hybridized carbons (Fsp3) is 0.375. The van der Waals surface area contributed by atoms with Crippen molar-refractivity contribution in [1.82, 2.24) is 10.2 Å². The van der Waals surface area contributed by atoms with Crippen LogP contribution in [-0.2, 0) is 23.1 Å². The van der Waals surface area contributed by atoms with Gasteiger partial charge in [0.05, 0.1) is 17.2 Å². The largest absolute Gasteiger partial charge is 0.862 e. The predicted molar refractivity (Wildman–Crippen MR) is 90.5 cm³/mol. The Morgan fingerprint density at radius 3 is 2.71 bits per heavy atom. The van der Waals surface area contributed by atoms with Gasteiger partial charge in [-0.05, 0) is 23.3 Å². The number of carbonyl (C=O) groups is 1. The van der Waals surface area contributed by atoms with Crippen LogP contribution in [0.5, 0.6) is 0 Å². The van der Waals surface area contributed by atoms with Gasteiger partial charge >= 0.3 is 11.3 Å². The highest BCUT2D eigenvalue weighted by molar-refractivity contribution is 5.87. The van der Waals surface area contributed by atoms with Gasteiger partial charge in [0.1, 0.15) is 12.6 Å². The Bertz CT molecular complexity index is 963. The van der Waals surface area contributed by atoms with Gasteiger partial charge in [0, 0.05) is 25.1 Å². The minimum Gasteiger partial charge on any atom is -0.862 e. The van der Waals surface area contributed by atoms with E-state index in [9.17, 15) is 24.8 Å². The van der Waals surface area contributed by atoms with Crippen LogP contribution in [0.2, 0.25) is 0 Å². The molecular weight excluding hydrogens is 374 g/mol. The van der Waals surface area contributed by atoms with Crippen LogP contribution in [-0.4, -0.2) is 46.2 Å². The molecule has 1 saturated heterocycles. The Hall–Kier alpha value is -3.54. The van der Waals surface area contributed by atoms with Gasteiger partial charge in [0.15, 0.2) is 7.05 Å². The number of morpholine rings is 1. The Morgan fingerprint density at radius 1 is 1.39 bits per heavy atom. The van der Waals surface area contributed by atoms with Crippen LogP contribution in [0.25, 0.3) is 0 Å². The number of non-ortho nitro benzene ring substituents is 1. The van der Waals surface area contributed by atoms with Gasteiger partial charge in [-0.15, -0.1) is 0 Å². The average molecular weight is 391 g/mol. The summed E-state index contributed by atoms with van der Waals surface area (Å²) < 4.78 is 11.4. The van der Waals surface area contributed by atoms with Crippen molar-refractivity contribution < 1.29 is 28.8 Å². The van der Waals surface area contributed by atoms with E-state index in [0.29, 0.717) is 0 Å². The second-order valence-corrected chi connectivity index (χ2v) is 6.09. The van der Waals surface area contributed by atoms with Gasteiger partial charge in [-0.2, -0.15) is 0 Å². The molecule has 1 aromatic heterocycles. The van der Waals surface area contributed by atoms with Gasteiger partial charge in [-0.3, -0.25) is 24.4 Å². The molecule has 1 amide bonds. The molecule has 12 heteroatoms. The number of amides is 1. The van der Waals surface area contributed by atoms with Crippen LogP contribution in [0.4, 0.5) is 11.4 Å². The molecule has 1 atom stereocenters. The molecule has 0 radical (unpaired) electrons. The second-order valence-electron chi connectivity index (χ2n) is 6.09. The zero-order valence-corrected chi connectivity index (χ0v) is 14.9. The number of rotatable bonds is 6. The zero-order valence-electron chi connectivity index (χ0n) is 14.9. The number of H-pyrrole nitrogens is 1. The Morgan fingerprint density at radius 2 is 2.11 bits per heavy atom. The number of ether oxygens (including phenoxy) is 1. The second kappa shape index (κ2) is 8.00. The minimum atomic E-state index is -1.01. The maximum Gasteiger partial charge on any atom is 0.431 e. The third kappa shape index (κ3) is 4.23. The smallest absolute Gasteiger partial charge is 0.431 e. The molecule has 2 heterocycles. The first-order valence-electron chi connectivity index (χ1n) is 8.31. The summed E-state index contributed by atoms with van der Waals surface area (Å²) in [6, 6.07) is 5.16. The van der Waals surface area contributed by atoms with Crippen LogP contribution in [0.3, 0.4) is 0 Å². The first-order chi connectivity index (χ1) is 13.3. The van der Waals surface area contributed by atoms with Crippen LogP contribution in [0.15, 0.2) is 38.6 Å². The van der Waals surface area contributed by atoms with Crippen molar-refractivity contribution in [3.8, 4) is 0 Å². The lowest BCUT2D eigenvalue weighted by molar-refractivity contribution is -0.746. The molecule has 0 aliphatic carbocycles. The molecule has 0 spiro atoms. The number of nitro groups is 1. The highest BCUT2D eigenvalue weighted by atomic mass is 16.6. The lowest BCUT2D eigenvalue weighted by Crippen LogP contribution is -2.51. The van der Waals surface area contributed by atoms with E-state index in [4.69, 9.17) is 4.74 Å². The van der Waals surface area contributed by atoms with Gasteiger partial charge in [-0.25, -0.2) is 4.79 Å². The van der Waals surface area contributed by atoms with E-state index in [1.54, 1.807) is 7.05 Å². The number of hydrogen-bond acceptors (Lipinski definition) is 8. The number of carbonyl (C=O) groups excluding carboxylic acids is 1. The van der Waals surface area contributed by atoms with E-state index in [1.165, 1.54) is 33.8 Å². The lowest BCUT2D eigenvalue weighted by Gasteiger charge is -2.32. The molecule has 1 aromatic carbocycles. The number of aromatic amines is 1. The molecule has 28 heavy (non-hydrogen) atoms. The molecule has 1 aliphatic rings. The first-order valence-corrected chi connectivity index (χ1v) is 8.31. The molecule has 0 saturated carbocycles. The number of nitro benzene ring substituents is 1. The fourth-order valence-electron chi connectivity index (χ4n) is 2.70. The van der Waals surface area contributed by atoms with Crippen molar-refractivity contribution in [2.45, 2.75) is 19.1 Å². The number of nitrogens with zero attached hydrogens (tertiary/aromatic N) is 4. The molecule has 3 rings (SSSR count). The Labute approximate surface area is 157 Å². The quantitative estimate of drug-likeness (QED) is 0.215. The number of aromatic nitrogens is 2. The van der Waals surface area contributed by atoms with E-state index < -0.39 is 28.5 Å². The molecular formula is C16H17N5O7. The van der Waals surface area contributed by atoms with Crippen molar-refractivity contribution in [2.75, 3.05) is 13.2 Å². The summed E-state index contributed by atoms with van der Waals surface area (Å²) in [5.41, 5.74) is -0.193. The fourth-order valence-corrected chi connectivity index (χ4v) is 2.70. The van der Waals surface area contributed by atoms with E-state index >= 15 is 0 Å². The summed E-state index contributed by atoms with van der Waals surface area (Å²) in [4.78, 5) is 39.5. The molecule has 12 nitrogen and oxygen atoms in total. The number of aliphatic imine (C=N–C) groups is 1. The highest BCUT2D eigenvalue weighted by Crippen LogP contribution is 2.19. The maximum absolute atomic E-state index is 12.6. The van der Waals surface area contributed by atoms with Crippen LogP contribution < -0.4 is 15.4 Å². The molecule has 2 aromatic rings. The molecule has 1 N–H and O–H groups in total. The zero-order chi connectivity index (χ0) is 20.3. The van der Waals surface area contributed by atoms with Crippen LogP contribution in [0, 0.1) is 10.1 Å². The van der Waals surface area contributed by atoms with Crippen molar-refractivity contribution in [3.05, 3.63) is 50.5 Å². The van der Waals surface area contributed by atoms with Gasteiger partial charge in [0.25, 0.3) is 11.6 Å². The van der Waals surface area contributed by atoms with Crippen molar-refractivity contribution in [2.24, 2.45) is 12.0 Å². The van der Waals surface area contributed by atoms with Gasteiger partial charge in [0.2, 0.25) is 0 Å². The van der Waals surface area contributed by atoms with Crippen molar-refractivity contribution in [3.63, 3.8) is 0 Å². The van der Waals surface area contributed by atoms with E-state index in [2.05, 4.69) is 14.8 Å². The summed E-state index contributed by atoms with van der Waals surface area (Å²) in [7, 11) is 1.58. The Balaban J connectivity index is 1.66. The van der Waals surface area contributed by atoms with E-state index in [1.807, 2.05) is 0 Å². The molecule has 1 unspecified atom stereocenters. The average Bonchev–Trinajstić information content (AvgIpc) is 2.97. The first kappa shape index (κ1) is 19.2. The minimum absolute atomic E-state index is 0.0225. The molecule has 1 fully saturated rings. The van der Waals surface area contributed by atoms with Crippen LogP contribution >= 0.6 is 0 Å². The van der Waals surface area contributed by atoms with Crippen molar-refractivity contribution >= 4 is 23.2 Å². The van der Waals surface area contributed by atoms with E-state index in [-0.39, 0.29) is 43.2 Å². The third-order valence-electron chi connectivity index (χ3n) is 4.20. The summed E-state index contributed by atoms with van der Waals surface area (Å²) in [6.07, 6.45) is -1.29. The summed E-state index contributed by atoms with van der Waals surface area (Å²) >= 11 is 0. The van der Waals surface area contributed by atoms with Crippen molar-refractivity contribution in [1.29, 1.82) is 0 Å². The maximum atomic E-state index is 12.6. The summed E-state index contributed by atoms with van der Waals surface area (Å²) in [5, 5.41) is 25.2. The monoisotopic (exact) mass is 391 g/mol. The molecule has 1 aliphatic heterocycles. The normalized spacial score (nSPS) is 17.8. The third-order valence-corrected chi connectivity index (χ3v) is 4.20. The molecule has 148 valence electrons. The number of benzene rings is 1. The number of aryl methyl sites for hydroxylation is 1. The lowest BCUT2D eigenvalue weighted by atomic mass is 10.2.